The largest absolute Gasteiger partial charge is 0.493 e. The first-order chi connectivity index (χ1) is 14.5. The molecule has 0 fully saturated rings. The Bertz CT molecular complexity index is 996. The fourth-order valence-corrected chi connectivity index (χ4v) is 3.81. The molecule has 7 heteroatoms. The van der Waals surface area contributed by atoms with E-state index in [1.54, 1.807) is 31.4 Å². The van der Waals surface area contributed by atoms with E-state index in [0.717, 1.165) is 5.56 Å². The minimum absolute atomic E-state index is 0.0271. The number of halogens is 4. The summed E-state index contributed by atoms with van der Waals surface area (Å²) in [6.07, 6.45) is 0.593. The average molecular weight is 497 g/mol. The van der Waals surface area contributed by atoms with Crippen molar-refractivity contribution >= 4 is 27.5 Å². The molecule has 30 heavy (non-hydrogen) atoms. The molecule has 0 aliphatic heterocycles. The highest BCUT2D eigenvalue weighted by Gasteiger charge is 2.14. The van der Waals surface area contributed by atoms with Gasteiger partial charge < -0.3 is 14.8 Å². The molecule has 0 aromatic heterocycles. The Balaban J connectivity index is 1.63. The SMILES string of the molecule is COc1cc(CNCCc2ccccc2F)cc(Br)c1OCc1c(F)cccc1Cl. The van der Waals surface area contributed by atoms with E-state index >= 15 is 0 Å². The van der Waals surface area contributed by atoms with Gasteiger partial charge in [0, 0.05) is 12.1 Å². The maximum Gasteiger partial charge on any atom is 0.175 e. The van der Waals surface area contributed by atoms with Crippen LogP contribution in [0.1, 0.15) is 16.7 Å². The number of ether oxygens (including phenoxy) is 2. The second-order valence-corrected chi connectivity index (χ2v) is 7.88. The smallest absolute Gasteiger partial charge is 0.175 e. The third-order valence-electron chi connectivity index (χ3n) is 4.57. The Morgan fingerprint density at radius 2 is 1.80 bits per heavy atom. The molecule has 0 spiro atoms. The summed E-state index contributed by atoms with van der Waals surface area (Å²) >= 11 is 9.56. The van der Waals surface area contributed by atoms with Crippen molar-refractivity contribution < 1.29 is 18.3 Å². The monoisotopic (exact) mass is 495 g/mol. The van der Waals surface area contributed by atoms with E-state index < -0.39 is 5.82 Å². The van der Waals surface area contributed by atoms with Gasteiger partial charge in [-0.1, -0.05) is 35.9 Å². The van der Waals surface area contributed by atoms with E-state index in [0.29, 0.717) is 46.1 Å². The average Bonchev–Trinajstić information content (AvgIpc) is 2.73. The molecule has 3 rings (SSSR count). The van der Waals surface area contributed by atoms with Crippen LogP contribution >= 0.6 is 27.5 Å². The number of hydrogen-bond acceptors (Lipinski definition) is 3. The van der Waals surface area contributed by atoms with E-state index in [1.807, 2.05) is 18.2 Å². The first kappa shape index (κ1) is 22.5. The van der Waals surface area contributed by atoms with Gasteiger partial charge in [0.15, 0.2) is 11.5 Å². The van der Waals surface area contributed by atoms with Crippen molar-refractivity contribution in [3.63, 3.8) is 0 Å². The van der Waals surface area contributed by atoms with Crippen molar-refractivity contribution in [2.45, 2.75) is 19.6 Å². The Hall–Kier alpha value is -2.15. The summed E-state index contributed by atoms with van der Waals surface area (Å²) in [5.41, 5.74) is 1.93. The first-order valence-corrected chi connectivity index (χ1v) is 10.5. The van der Waals surface area contributed by atoms with Crippen LogP contribution in [0.3, 0.4) is 0 Å². The summed E-state index contributed by atoms with van der Waals surface area (Å²) in [6, 6.07) is 15.0. The van der Waals surface area contributed by atoms with Crippen LogP contribution in [0.2, 0.25) is 5.02 Å². The summed E-state index contributed by atoms with van der Waals surface area (Å²) in [4.78, 5) is 0. The molecule has 0 saturated heterocycles. The highest BCUT2D eigenvalue weighted by Crippen LogP contribution is 2.37. The van der Waals surface area contributed by atoms with Crippen LogP contribution in [-0.2, 0) is 19.6 Å². The molecule has 1 N–H and O–H groups in total. The number of nitrogens with one attached hydrogen (secondary N) is 1. The zero-order valence-corrected chi connectivity index (χ0v) is 18.7. The van der Waals surface area contributed by atoms with E-state index in [9.17, 15) is 8.78 Å². The Labute approximate surface area is 188 Å². The molecular formula is C23H21BrClF2NO2. The van der Waals surface area contributed by atoms with Crippen LogP contribution in [0.4, 0.5) is 8.78 Å². The lowest BCUT2D eigenvalue weighted by Gasteiger charge is -2.15. The predicted octanol–water partition coefficient (Wildman–Crippen LogP) is 6.30. The van der Waals surface area contributed by atoms with Crippen molar-refractivity contribution in [3.8, 4) is 11.5 Å². The maximum atomic E-state index is 14.0. The summed E-state index contributed by atoms with van der Waals surface area (Å²) in [5.74, 6) is 0.364. The normalized spacial score (nSPS) is 10.8. The number of hydrogen-bond donors (Lipinski definition) is 1. The van der Waals surface area contributed by atoms with E-state index in [1.165, 1.54) is 12.1 Å². The van der Waals surface area contributed by atoms with E-state index in [4.69, 9.17) is 21.1 Å². The molecule has 3 nitrogen and oxygen atoms in total. The van der Waals surface area contributed by atoms with Crippen LogP contribution in [0.5, 0.6) is 11.5 Å². The molecule has 158 valence electrons. The summed E-state index contributed by atoms with van der Waals surface area (Å²) in [6.45, 7) is 1.18. The third-order valence-corrected chi connectivity index (χ3v) is 5.51. The number of rotatable bonds is 9. The van der Waals surface area contributed by atoms with Crippen LogP contribution in [0.15, 0.2) is 59.1 Å². The topological polar surface area (TPSA) is 30.5 Å². The number of methoxy groups -OCH3 is 1. The van der Waals surface area contributed by atoms with Gasteiger partial charge in [-0.25, -0.2) is 8.78 Å². The molecule has 0 bridgehead atoms. The molecule has 0 unspecified atom stereocenters. The Morgan fingerprint density at radius 1 is 1.03 bits per heavy atom. The van der Waals surface area contributed by atoms with Crippen LogP contribution < -0.4 is 14.8 Å². The second kappa shape index (κ2) is 10.8. The van der Waals surface area contributed by atoms with Crippen molar-refractivity contribution in [1.82, 2.24) is 5.32 Å². The predicted molar refractivity (Wildman–Crippen MR) is 118 cm³/mol. The van der Waals surface area contributed by atoms with E-state index in [2.05, 4.69) is 21.2 Å². The second-order valence-electron chi connectivity index (χ2n) is 6.62. The van der Waals surface area contributed by atoms with Gasteiger partial charge in [0.25, 0.3) is 0 Å². The molecule has 3 aromatic rings. The fraction of sp³-hybridized carbons (Fsp3) is 0.217. The highest BCUT2D eigenvalue weighted by atomic mass is 79.9. The summed E-state index contributed by atoms with van der Waals surface area (Å²) < 4.78 is 39.6. The molecule has 0 saturated carbocycles. The Kier molecular flexibility index (Phi) is 8.08. The molecule has 0 atom stereocenters. The minimum atomic E-state index is -0.423. The lowest BCUT2D eigenvalue weighted by molar-refractivity contribution is 0.277. The van der Waals surface area contributed by atoms with Crippen LogP contribution in [0.25, 0.3) is 0 Å². The van der Waals surface area contributed by atoms with Gasteiger partial charge in [-0.3, -0.25) is 0 Å². The molecule has 0 aliphatic carbocycles. The highest BCUT2D eigenvalue weighted by molar-refractivity contribution is 9.10. The van der Waals surface area contributed by atoms with Gasteiger partial charge in [0.2, 0.25) is 0 Å². The van der Waals surface area contributed by atoms with Crippen LogP contribution in [-0.4, -0.2) is 13.7 Å². The van der Waals surface area contributed by atoms with E-state index in [-0.39, 0.29) is 18.0 Å². The first-order valence-electron chi connectivity index (χ1n) is 9.35. The standard InChI is InChI=1S/C23H21BrClF2NO2/c1-29-22-12-15(13-28-10-9-16-5-2-3-7-20(16)26)11-18(24)23(22)30-14-17-19(25)6-4-8-21(17)27/h2-8,11-12,28H,9-10,13-14H2,1H3. The zero-order valence-electron chi connectivity index (χ0n) is 16.4. The van der Waals surface area contributed by atoms with Gasteiger partial charge in [-0.05, 0) is 70.4 Å². The maximum absolute atomic E-state index is 14.0. The molecular weight excluding hydrogens is 476 g/mol. The lowest BCUT2D eigenvalue weighted by Crippen LogP contribution is -2.17. The molecule has 3 aromatic carbocycles. The van der Waals surface area contributed by atoms with Gasteiger partial charge in [-0.15, -0.1) is 0 Å². The summed E-state index contributed by atoms with van der Waals surface area (Å²) in [7, 11) is 1.54. The summed E-state index contributed by atoms with van der Waals surface area (Å²) in [5, 5.41) is 3.60. The molecule has 0 radical (unpaired) electrons. The lowest BCUT2D eigenvalue weighted by atomic mass is 10.1. The number of benzene rings is 3. The van der Waals surface area contributed by atoms with Crippen molar-refractivity contribution in [2.75, 3.05) is 13.7 Å². The minimum Gasteiger partial charge on any atom is -0.493 e. The van der Waals surface area contributed by atoms with Gasteiger partial charge in [0.05, 0.1) is 16.6 Å². The Morgan fingerprint density at radius 3 is 2.53 bits per heavy atom. The third kappa shape index (κ3) is 5.72. The van der Waals surface area contributed by atoms with Crippen molar-refractivity contribution in [2.24, 2.45) is 0 Å². The molecule has 0 amide bonds. The molecule has 0 aliphatic rings. The van der Waals surface area contributed by atoms with Crippen LogP contribution in [0, 0.1) is 11.6 Å². The van der Waals surface area contributed by atoms with Gasteiger partial charge in [0.1, 0.15) is 18.2 Å². The van der Waals surface area contributed by atoms with Gasteiger partial charge >= 0.3 is 0 Å². The zero-order chi connectivity index (χ0) is 21.5. The van der Waals surface area contributed by atoms with Crippen molar-refractivity contribution in [3.05, 3.63) is 92.4 Å². The fourth-order valence-electron chi connectivity index (χ4n) is 2.99. The molecule has 0 heterocycles. The van der Waals surface area contributed by atoms with Gasteiger partial charge in [-0.2, -0.15) is 0 Å². The van der Waals surface area contributed by atoms with Crippen molar-refractivity contribution in [1.29, 1.82) is 0 Å². The quantitative estimate of drug-likeness (QED) is 0.353.